The van der Waals surface area contributed by atoms with Gasteiger partial charge in [-0.2, -0.15) is 0 Å². The second-order valence-electron chi connectivity index (χ2n) is 6.17. The molecule has 0 atom stereocenters. The van der Waals surface area contributed by atoms with Crippen molar-refractivity contribution < 1.29 is 9.59 Å². The van der Waals surface area contributed by atoms with Crippen molar-refractivity contribution in [1.29, 1.82) is 0 Å². The molecular formula is C16H25ClN4O2S. The number of hydrogen-bond donors (Lipinski definition) is 0. The fraction of sp³-hybridized carbons (Fsp3) is 0.688. The molecule has 1 aromatic heterocycles. The van der Waals surface area contributed by atoms with Gasteiger partial charge in [-0.3, -0.25) is 14.5 Å². The Kier molecular flexibility index (Phi) is 7.01. The summed E-state index contributed by atoms with van der Waals surface area (Å²) in [5.74, 6) is 0.730. The van der Waals surface area contributed by atoms with Crippen LogP contribution in [0.25, 0.3) is 0 Å². The third-order valence-electron chi connectivity index (χ3n) is 4.05. The van der Waals surface area contributed by atoms with E-state index >= 15 is 0 Å². The van der Waals surface area contributed by atoms with Crippen LogP contribution >= 0.6 is 22.9 Å². The van der Waals surface area contributed by atoms with Gasteiger partial charge in [0.25, 0.3) is 5.91 Å². The normalized spacial score (nSPS) is 15.6. The first-order chi connectivity index (χ1) is 11.4. The van der Waals surface area contributed by atoms with Gasteiger partial charge in [-0.1, -0.05) is 0 Å². The lowest BCUT2D eigenvalue weighted by Crippen LogP contribution is -2.48. The smallest absolute Gasteiger partial charge is 0.265 e. The Morgan fingerprint density at radius 2 is 1.92 bits per heavy atom. The first kappa shape index (κ1) is 19.1. The predicted octanol–water partition coefficient (Wildman–Crippen LogP) is 1.82. The van der Waals surface area contributed by atoms with E-state index in [0.29, 0.717) is 17.2 Å². The first-order valence-corrected chi connectivity index (χ1v) is 9.51. The highest BCUT2D eigenvalue weighted by atomic mass is 35.5. The average molecular weight is 373 g/mol. The van der Waals surface area contributed by atoms with Crippen LogP contribution in [0.2, 0.25) is 0 Å². The second kappa shape index (κ2) is 8.78. The van der Waals surface area contributed by atoms with Crippen LogP contribution in [0.15, 0.2) is 0 Å². The molecule has 1 fully saturated rings. The van der Waals surface area contributed by atoms with Crippen molar-refractivity contribution in [3.05, 3.63) is 15.6 Å². The molecule has 2 heterocycles. The lowest BCUT2D eigenvalue weighted by Gasteiger charge is -2.34. The summed E-state index contributed by atoms with van der Waals surface area (Å²) in [6.45, 7) is 5.77. The number of alkyl halides is 1. The molecule has 1 saturated heterocycles. The summed E-state index contributed by atoms with van der Waals surface area (Å²) in [4.78, 5) is 35.1. The van der Waals surface area contributed by atoms with E-state index in [1.54, 1.807) is 19.0 Å². The Labute approximate surface area is 152 Å². The van der Waals surface area contributed by atoms with Gasteiger partial charge < -0.3 is 9.80 Å². The van der Waals surface area contributed by atoms with Crippen molar-refractivity contribution in [3.8, 4) is 0 Å². The highest BCUT2D eigenvalue weighted by molar-refractivity contribution is 7.13. The molecule has 0 aromatic carbocycles. The maximum atomic E-state index is 12.1. The monoisotopic (exact) mass is 372 g/mol. The molecule has 0 bridgehead atoms. The molecule has 0 spiro atoms. The van der Waals surface area contributed by atoms with Gasteiger partial charge in [-0.15, -0.1) is 22.9 Å². The number of hydrogen-bond acceptors (Lipinski definition) is 5. The van der Waals surface area contributed by atoms with Crippen LogP contribution < -0.4 is 0 Å². The summed E-state index contributed by atoms with van der Waals surface area (Å²) in [7, 11) is 3.50. The molecule has 0 radical (unpaired) electrons. The minimum Gasteiger partial charge on any atom is -0.344 e. The maximum Gasteiger partial charge on any atom is 0.265 e. The van der Waals surface area contributed by atoms with Crippen LogP contribution in [-0.4, -0.2) is 77.7 Å². The minimum absolute atomic E-state index is 0.00552. The zero-order chi connectivity index (χ0) is 17.7. The highest BCUT2D eigenvalue weighted by Gasteiger charge is 2.23. The van der Waals surface area contributed by atoms with E-state index in [4.69, 9.17) is 11.6 Å². The first-order valence-electron chi connectivity index (χ1n) is 8.16. The largest absolute Gasteiger partial charge is 0.344 e. The summed E-state index contributed by atoms with van der Waals surface area (Å²) >= 11 is 7.11. The number of carbonyl (C=O) groups is 2. The van der Waals surface area contributed by atoms with Crippen LogP contribution in [0.5, 0.6) is 0 Å². The quantitative estimate of drug-likeness (QED) is 0.715. The number of aromatic nitrogens is 1. The van der Waals surface area contributed by atoms with Crippen LogP contribution in [0.1, 0.15) is 33.2 Å². The molecule has 2 rings (SSSR count). The molecule has 6 nitrogen and oxygen atoms in total. The van der Waals surface area contributed by atoms with Gasteiger partial charge in [0.1, 0.15) is 9.88 Å². The van der Waals surface area contributed by atoms with Gasteiger partial charge in [0, 0.05) is 52.6 Å². The lowest BCUT2D eigenvalue weighted by molar-refractivity contribution is -0.133. The molecule has 1 aliphatic rings. The molecule has 0 N–H and O–H groups in total. The van der Waals surface area contributed by atoms with Gasteiger partial charge in [0.2, 0.25) is 5.91 Å². The van der Waals surface area contributed by atoms with Gasteiger partial charge in [-0.25, -0.2) is 4.98 Å². The van der Waals surface area contributed by atoms with Crippen LogP contribution in [0.4, 0.5) is 0 Å². The Hall–Kier alpha value is -1.18. The van der Waals surface area contributed by atoms with E-state index in [1.807, 2.05) is 11.8 Å². The fourth-order valence-electron chi connectivity index (χ4n) is 2.64. The third kappa shape index (κ3) is 4.91. The Bertz CT molecular complexity index is 583. The van der Waals surface area contributed by atoms with E-state index in [0.717, 1.165) is 49.8 Å². The van der Waals surface area contributed by atoms with E-state index in [1.165, 1.54) is 11.3 Å². The third-order valence-corrected chi connectivity index (χ3v) is 5.45. The SMILES string of the molecule is Cc1nc(CN2CCN(C(=O)CCCCl)CC2)sc1C(=O)N(C)C. The molecular weight excluding hydrogens is 348 g/mol. The Balaban J connectivity index is 1.87. The summed E-state index contributed by atoms with van der Waals surface area (Å²) in [5.41, 5.74) is 0.795. The molecule has 0 unspecified atom stereocenters. The molecule has 0 saturated carbocycles. The van der Waals surface area contributed by atoms with Gasteiger partial charge >= 0.3 is 0 Å². The zero-order valence-electron chi connectivity index (χ0n) is 14.5. The van der Waals surface area contributed by atoms with Crippen molar-refractivity contribution in [1.82, 2.24) is 19.7 Å². The molecule has 8 heteroatoms. The van der Waals surface area contributed by atoms with Gasteiger partial charge in [0.05, 0.1) is 12.2 Å². The molecule has 134 valence electrons. The molecule has 2 amide bonds. The fourth-order valence-corrected chi connectivity index (χ4v) is 3.91. The average Bonchev–Trinajstić information content (AvgIpc) is 2.92. The number of amides is 2. The molecule has 1 aromatic rings. The molecule has 24 heavy (non-hydrogen) atoms. The van der Waals surface area contributed by atoms with Crippen molar-refractivity contribution in [2.45, 2.75) is 26.3 Å². The number of aryl methyl sites for hydroxylation is 1. The maximum absolute atomic E-state index is 12.1. The molecule has 1 aliphatic heterocycles. The number of carbonyl (C=O) groups excluding carboxylic acids is 2. The van der Waals surface area contributed by atoms with Gasteiger partial charge in [0.15, 0.2) is 0 Å². The predicted molar refractivity (Wildman–Crippen MR) is 96.7 cm³/mol. The van der Waals surface area contributed by atoms with Crippen molar-refractivity contribution in [2.75, 3.05) is 46.2 Å². The minimum atomic E-state index is 0.00552. The van der Waals surface area contributed by atoms with Crippen molar-refractivity contribution >= 4 is 34.8 Å². The van der Waals surface area contributed by atoms with E-state index in [-0.39, 0.29) is 11.8 Å². The van der Waals surface area contributed by atoms with E-state index < -0.39 is 0 Å². The summed E-state index contributed by atoms with van der Waals surface area (Å²) < 4.78 is 0. The van der Waals surface area contributed by atoms with E-state index in [9.17, 15) is 9.59 Å². The van der Waals surface area contributed by atoms with Crippen molar-refractivity contribution in [2.24, 2.45) is 0 Å². The van der Waals surface area contributed by atoms with Gasteiger partial charge in [-0.05, 0) is 13.3 Å². The number of rotatable bonds is 6. The Morgan fingerprint density at radius 3 is 2.50 bits per heavy atom. The lowest BCUT2D eigenvalue weighted by atomic mass is 10.2. The van der Waals surface area contributed by atoms with Crippen LogP contribution in [0, 0.1) is 6.92 Å². The summed E-state index contributed by atoms with van der Waals surface area (Å²) in [6.07, 6.45) is 1.27. The number of nitrogens with zero attached hydrogens (tertiary/aromatic N) is 4. The van der Waals surface area contributed by atoms with Crippen molar-refractivity contribution in [3.63, 3.8) is 0 Å². The Morgan fingerprint density at radius 1 is 1.25 bits per heavy atom. The zero-order valence-corrected chi connectivity index (χ0v) is 16.1. The van der Waals surface area contributed by atoms with Crippen LogP contribution in [-0.2, 0) is 11.3 Å². The summed E-state index contributed by atoms with van der Waals surface area (Å²) in [6, 6.07) is 0. The number of halogens is 1. The van der Waals surface area contributed by atoms with E-state index in [2.05, 4.69) is 9.88 Å². The highest BCUT2D eigenvalue weighted by Crippen LogP contribution is 2.21. The second-order valence-corrected chi connectivity index (χ2v) is 7.63. The topological polar surface area (TPSA) is 56.8 Å². The molecule has 0 aliphatic carbocycles. The van der Waals surface area contributed by atoms with Crippen LogP contribution in [0.3, 0.4) is 0 Å². The summed E-state index contributed by atoms with van der Waals surface area (Å²) in [5, 5.41) is 0.958. The standard InChI is InChI=1S/C16H25ClN4O2S/c1-12-15(16(23)19(2)3)24-13(18-12)11-20-7-9-21(10-8-20)14(22)5-4-6-17/h4-11H2,1-3H3. The number of thiazole rings is 1. The number of piperazine rings is 1.